The van der Waals surface area contributed by atoms with E-state index in [2.05, 4.69) is 20.8 Å². The summed E-state index contributed by atoms with van der Waals surface area (Å²) in [7, 11) is 1.19. The first-order valence-corrected chi connectivity index (χ1v) is 12.9. The van der Waals surface area contributed by atoms with Gasteiger partial charge in [0.05, 0.1) is 24.6 Å². The van der Waals surface area contributed by atoms with E-state index in [1.165, 1.54) is 4.31 Å². The normalized spacial score (nSPS) is 12.3. The van der Waals surface area contributed by atoms with Crippen LogP contribution >= 0.6 is 0 Å². The first kappa shape index (κ1) is 28.0. The molecule has 0 N–H and O–H groups in total. The van der Waals surface area contributed by atoms with Gasteiger partial charge in [0.2, 0.25) is 15.9 Å². The number of hydrogen-bond donors (Lipinski definition) is 0. The van der Waals surface area contributed by atoms with E-state index in [-0.39, 0.29) is 29.3 Å². The van der Waals surface area contributed by atoms with Crippen molar-refractivity contribution in [1.29, 1.82) is 0 Å². The van der Waals surface area contributed by atoms with Crippen LogP contribution in [-0.2, 0) is 43.3 Å². The van der Waals surface area contributed by atoms with Gasteiger partial charge in [0, 0.05) is 52.9 Å². The van der Waals surface area contributed by atoms with Crippen LogP contribution in [0.5, 0.6) is 0 Å². The molecule has 1 aromatic carbocycles. The minimum absolute atomic E-state index is 0.0881. The molecule has 34 heavy (non-hydrogen) atoms. The molecule has 0 fully saturated rings. The number of benzene rings is 1. The average molecular weight is 494 g/mol. The van der Waals surface area contributed by atoms with Gasteiger partial charge in [-0.05, 0) is 41.7 Å². The number of methoxy groups -OCH3 is 2. The van der Waals surface area contributed by atoms with Crippen molar-refractivity contribution in [2.24, 2.45) is 7.05 Å². The van der Waals surface area contributed by atoms with Crippen LogP contribution in [0.25, 0.3) is 0 Å². The highest BCUT2D eigenvalue weighted by Crippen LogP contribution is 2.25. The van der Waals surface area contributed by atoms with E-state index in [9.17, 15) is 13.2 Å². The lowest BCUT2D eigenvalue weighted by molar-refractivity contribution is -0.132. The number of sulfonamides is 1. The molecule has 0 bridgehead atoms. The molecule has 9 heteroatoms. The quantitative estimate of drug-likeness (QED) is 0.401. The number of carbonyl (C=O) groups is 1. The van der Waals surface area contributed by atoms with E-state index in [1.54, 1.807) is 31.3 Å². The molecule has 1 heterocycles. The lowest BCUT2D eigenvalue weighted by Gasteiger charge is -2.27. The van der Waals surface area contributed by atoms with Crippen molar-refractivity contribution in [2.75, 3.05) is 47.1 Å². The number of aromatic nitrogens is 1. The highest BCUT2D eigenvalue weighted by molar-refractivity contribution is 7.89. The minimum atomic E-state index is -3.87. The van der Waals surface area contributed by atoms with Crippen LogP contribution in [-0.4, -0.2) is 75.2 Å². The highest BCUT2D eigenvalue weighted by atomic mass is 32.2. The van der Waals surface area contributed by atoms with Crippen molar-refractivity contribution in [2.45, 2.75) is 44.0 Å². The molecule has 0 aliphatic heterocycles. The summed E-state index contributed by atoms with van der Waals surface area (Å²) in [6, 6.07) is 10.8. The Bertz CT molecular complexity index is 1010. The predicted molar refractivity (Wildman–Crippen MR) is 133 cm³/mol. The Morgan fingerprint density at radius 1 is 1.00 bits per heavy atom. The van der Waals surface area contributed by atoms with Gasteiger partial charge >= 0.3 is 0 Å². The molecule has 0 aliphatic carbocycles. The first-order chi connectivity index (χ1) is 16.0. The maximum atomic E-state index is 13.5. The fourth-order valence-corrected chi connectivity index (χ4v) is 4.97. The molecule has 0 unspecified atom stereocenters. The number of aryl methyl sites for hydroxylation is 1. The van der Waals surface area contributed by atoms with E-state index >= 15 is 0 Å². The third-order valence-electron chi connectivity index (χ3n) is 5.75. The van der Waals surface area contributed by atoms with Crippen LogP contribution in [0.3, 0.4) is 0 Å². The molecule has 190 valence electrons. The third kappa shape index (κ3) is 7.66. The van der Waals surface area contributed by atoms with Crippen molar-refractivity contribution in [3.05, 3.63) is 53.9 Å². The van der Waals surface area contributed by atoms with Gasteiger partial charge in [0.25, 0.3) is 0 Å². The van der Waals surface area contributed by atoms with E-state index in [0.29, 0.717) is 32.7 Å². The maximum Gasteiger partial charge on any atom is 0.243 e. The van der Waals surface area contributed by atoms with Crippen molar-refractivity contribution in [1.82, 2.24) is 13.8 Å². The Labute approximate surface area is 204 Å². The Morgan fingerprint density at radius 3 is 2.18 bits per heavy atom. The molecular formula is C25H39N3O5S. The fourth-order valence-electron chi connectivity index (χ4n) is 3.55. The molecule has 0 aliphatic rings. The van der Waals surface area contributed by atoms with Crippen LogP contribution in [0.4, 0.5) is 0 Å². The second-order valence-corrected chi connectivity index (χ2v) is 11.3. The summed E-state index contributed by atoms with van der Waals surface area (Å²) in [5, 5.41) is 0. The molecule has 0 atom stereocenters. The molecule has 2 rings (SSSR count). The van der Waals surface area contributed by atoms with Crippen molar-refractivity contribution < 1.29 is 22.7 Å². The smallest absolute Gasteiger partial charge is 0.243 e. The molecule has 1 aromatic heterocycles. The van der Waals surface area contributed by atoms with Crippen LogP contribution in [0.1, 0.15) is 38.4 Å². The fraction of sp³-hybridized carbons (Fsp3) is 0.560. The van der Waals surface area contributed by atoms with E-state index in [4.69, 9.17) is 9.47 Å². The molecule has 0 saturated carbocycles. The average Bonchev–Trinajstić information content (AvgIpc) is 3.19. The maximum absolute atomic E-state index is 13.5. The zero-order valence-electron chi connectivity index (χ0n) is 21.3. The number of hydrogen-bond acceptors (Lipinski definition) is 5. The zero-order chi connectivity index (χ0) is 25.4. The van der Waals surface area contributed by atoms with Gasteiger partial charge in [0.15, 0.2) is 0 Å². The Kier molecular flexibility index (Phi) is 10.3. The lowest BCUT2D eigenvalue weighted by atomic mass is 9.87. The minimum Gasteiger partial charge on any atom is -0.385 e. The molecule has 0 spiro atoms. The summed E-state index contributed by atoms with van der Waals surface area (Å²) in [6.07, 6.45) is 2.40. The summed E-state index contributed by atoms with van der Waals surface area (Å²) in [4.78, 5) is 15.1. The molecular weight excluding hydrogens is 454 g/mol. The van der Waals surface area contributed by atoms with Crippen LogP contribution < -0.4 is 0 Å². The first-order valence-electron chi connectivity index (χ1n) is 11.5. The van der Waals surface area contributed by atoms with Crippen molar-refractivity contribution in [3.63, 3.8) is 0 Å². The van der Waals surface area contributed by atoms with Gasteiger partial charge < -0.3 is 18.9 Å². The topological polar surface area (TPSA) is 81.1 Å². The van der Waals surface area contributed by atoms with Crippen molar-refractivity contribution in [3.8, 4) is 0 Å². The third-order valence-corrected chi connectivity index (χ3v) is 7.61. The van der Waals surface area contributed by atoms with Crippen LogP contribution in [0, 0.1) is 0 Å². The van der Waals surface area contributed by atoms with Gasteiger partial charge in [-0.3, -0.25) is 4.79 Å². The Balaban J connectivity index is 2.28. The summed E-state index contributed by atoms with van der Waals surface area (Å²) in [6.45, 7) is 7.67. The number of amides is 1. The molecule has 2 aromatic rings. The Morgan fingerprint density at radius 2 is 1.65 bits per heavy atom. The van der Waals surface area contributed by atoms with E-state index in [1.807, 2.05) is 42.1 Å². The summed E-state index contributed by atoms with van der Waals surface area (Å²) < 4.78 is 40.5. The van der Waals surface area contributed by atoms with E-state index in [0.717, 1.165) is 11.3 Å². The molecule has 0 radical (unpaired) electrons. The van der Waals surface area contributed by atoms with Crippen LogP contribution in [0.15, 0.2) is 47.5 Å². The van der Waals surface area contributed by atoms with E-state index < -0.39 is 10.0 Å². The summed E-state index contributed by atoms with van der Waals surface area (Å²) in [5.41, 5.74) is 1.91. The summed E-state index contributed by atoms with van der Waals surface area (Å²) >= 11 is 0. The Hall–Kier alpha value is -2.20. The molecule has 8 nitrogen and oxygen atoms in total. The molecule has 0 saturated heterocycles. The SMILES string of the molecule is COCCCN(CC(=O)N(CCOC)Cc1cccn1C)S(=O)(=O)c1ccc(C(C)(C)C)cc1. The van der Waals surface area contributed by atoms with Gasteiger partial charge in [-0.1, -0.05) is 32.9 Å². The number of ether oxygens (including phenoxy) is 2. The van der Waals surface area contributed by atoms with Gasteiger partial charge in [-0.2, -0.15) is 4.31 Å². The zero-order valence-corrected chi connectivity index (χ0v) is 22.1. The van der Waals surface area contributed by atoms with Crippen LogP contribution in [0.2, 0.25) is 0 Å². The number of rotatable bonds is 13. The van der Waals surface area contributed by atoms with Gasteiger partial charge in [-0.15, -0.1) is 0 Å². The second kappa shape index (κ2) is 12.5. The predicted octanol–water partition coefficient (Wildman–Crippen LogP) is 3.03. The monoisotopic (exact) mass is 493 g/mol. The molecule has 1 amide bonds. The summed E-state index contributed by atoms with van der Waals surface area (Å²) in [5.74, 6) is -0.273. The second-order valence-electron chi connectivity index (χ2n) is 9.38. The largest absolute Gasteiger partial charge is 0.385 e. The van der Waals surface area contributed by atoms with Gasteiger partial charge in [0.1, 0.15) is 0 Å². The lowest BCUT2D eigenvalue weighted by Crippen LogP contribution is -2.44. The van der Waals surface area contributed by atoms with Crippen molar-refractivity contribution >= 4 is 15.9 Å². The number of carbonyl (C=O) groups excluding carboxylic acids is 1. The van der Waals surface area contributed by atoms with Gasteiger partial charge in [-0.25, -0.2) is 8.42 Å². The standard InChI is InChI=1S/C25H39N3O5S/c1-25(2,3)21-10-12-23(13-11-21)34(30,31)28(15-8-17-32-5)20-24(29)27(16-18-33-6)19-22-9-7-14-26(22)4/h7,9-14H,8,15-20H2,1-6H3. The number of nitrogens with zero attached hydrogens (tertiary/aromatic N) is 3. The highest BCUT2D eigenvalue weighted by Gasteiger charge is 2.29.